The van der Waals surface area contributed by atoms with Crippen molar-refractivity contribution in [2.45, 2.75) is 18.4 Å². The minimum absolute atomic E-state index is 0.150. The van der Waals surface area contributed by atoms with Crippen molar-refractivity contribution >= 4 is 11.7 Å². The Bertz CT molecular complexity index is 756. The Morgan fingerprint density at radius 2 is 1.84 bits per heavy atom. The van der Waals surface area contributed by atoms with Crippen LogP contribution in [0.25, 0.3) is 0 Å². The van der Waals surface area contributed by atoms with Crippen molar-refractivity contribution in [2.24, 2.45) is 0 Å². The molecular weight excluding hydrogens is 320 g/mol. The number of urea groups is 1. The predicted molar refractivity (Wildman–Crippen MR) is 95.2 cm³/mol. The molecule has 3 rings (SSSR count). The minimum atomic E-state index is -1.03. The fraction of sp³-hybridized carbons (Fsp3) is 0.316. The molecule has 2 aromatic carbocycles. The normalized spacial score (nSPS) is 18.4. The Hall–Kier alpha value is -2.73. The average molecular weight is 342 g/mol. The number of rotatable bonds is 5. The molecule has 1 aliphatic rings. The number of carbonyl (C=O) groups is 1. The second kappa shape index (κ2) is 7.03. The Morgan fingerprint density at radius 1 is 1.16 bits per heavy atom. The Balaban J connectivity index is 1.64. The maximum Gasteiger partial charge on any atom is 0.319 e. The van der Waals surface area contributed by atoms with Gasteiger partial charge in [-0.25, -0.2) is 4.79 Å². The van der Waals surface area contributed by atoms with E-state index in [9.17, 15) is 9.90 Å². The number of hydrogen-bond donors (Lipinski definition) is 3. The van der Waals surface area contributed by atoms with Crippen LogP contribution in [0, 0.1) is 0 Å². The van der Waals surface area contributed by atoms with Crippen LogP contribution < -0.4 is 20.1 Å². The first-order chi connectivity index (χ1) is 12.0. The molecule has 0 heterocycles. The van der Waals surface area contributed by atoms with Gasteiger partial charge in [-0.05, 0) is 24.0 Å². The van der Waals surface area contributed by atoms with E-state index in [1.54, 1.807) is 32.4 Å². The van der Waals surface area contributed by atoms with Crippen LogP contribution in [0.2, 0.25) is 0 Å². The van der Waals surface area contributed by atoms with Crippen LogP contribution >= 0.6 is 0 Å². The summed E-state index contributed by atoms with van der Waals surface area (Å²) in [6.07, 6.45) is 1.41. The van der Waals surface area contributed by atoms with Gasteiger partial charge in [-0.2, -0.15) is 0 Å². The van der Waals surface area contributed by atoms with E-state index in [0.717, 1.165) is 17.5 Å². The standard InChI is InChI=1S/C19H22N2O4/c1-24-15-9-14(10-16(11-15)25-2)21-18(22)20-12-19(23)8-7-13-5-3-4-6-17(13)19/h3-6,9-11,23H,7-8,12H2,1-2H3,(H2,20,21,22). The SMILES string of the molecule is COc1cc(NC(=O)NCC2(O)CCc3ccccc32)cc(OC)c1. The molecule has 0 spiro atoms. The van der Waals surface area contributed by atoms with E-state index in [0.29, 0.717) is 23.6 Å². The molecular formula is C19H22N2O4. The molecule has 1 atom stereocenters. The summed E-state index contributed by atoms with van der Waals surface area (Å²) >= 11 is 0. The van der Waals surface area contributed by atoms with Crippen LogP contribution in [0.15, 0.2) is 42.5 Å². The summed E-state index contributed by atoms with van der Waals surface area (Å²) in [5.41, 5.74) is 1.54. The number of anilines is 1. The average Bonchev–Trinajstić information content (AvgIpc) is 2.97. The first-order valence-corrected chi connectivity index (χ1v) is 8.13. The lowest BCUT2D eigenvalue weighted by molar-refractivity contribution is 0.0417. The summed E-state index contributed by atoms with van der Waals surface area (Å²) in [6.45, 7) is 0.150. The number of aliphatic hydroxyl groups is 1. The van der Waals surface area contributed by atoms with Gasteiger partial charge < -0.3 is 25.2 Å². The molecule has 3 N–H and O–H groups in total. The molecule has 2 amide bonds. The zero-order valence-electron chi connectivity index (χ0n) is 14.3. The summed E-state index contributed by atoms with van der Waals surface area (Å²) in [5, 5.41) is 16.3. The van der Waals surface area contributed by atoms with Crippen molar-refractivity contribution in [1.29, 1.82) is 0 Å². The number of benzene rings is 2. The fourth-order valence-corrected chi connectivity index (χ4v) is 3.13. The van der Waals surface area contributed by atoms with Gasteiger partial charge in [-0.15, -0.1) is 0 Å². The number of methoxy groups -OCH3 is 2. The summed E-state index contributed by atoms with van der Waals surface area (Å²) in [7, 11) is 3.09. The van der Waals surface area contributed by atoms with E-state index in [-0.39, 0.29) is 6.54 Å². The van der Waals surface area contributed by atoms with E-state index in [1.807, 2.05) is 24.3 Å². The van der Waals surface area contributed by atoms with Crippen LogP contribution in [0.3, 0.4) is 0 Å². The molecule has 0 aromatic heterocycles. The zero-order chi connectivity index (χ0) is 17.9. The minimum Gasteiger partial charge on any atom is -0.497 e. The largest absolute Gasteiger partial charge is 0.497 e. The molecule has 0 saturated heterocycles. The number of nitrogens with one attached hydrogen (secondary N) is 2. The summed E-state index contributed by atoms with van der Waals surface area (Å²) in [6, 6.07) is 12.5. The van der Waals surface area contributed by atoms with Gasteiger partial charge in [0.05, 0.1) is 20.8 Å². The van der Waals surface area contributed by atoms with Crippen LogP contribution in [-0.2, 0) is 12.0 Å². The molecule has 6 heteroatoms. The highest BCUT2D eigenvalue weighted by atomic mass is 16.5. The third-order valence-corrected chi connectivity index (χ3v) is 4.48. The first kappa shape index (κ1) is 17.1. The summed E-state index contributed by atoms with van der Waals surface area (Å²) < 4.78 is 10.4. The van der Waals surface area contributed by atoms with Crippen LogP contribution in [0.4, 0.5) is 10.5 Å². The lowest BCUT2D eigenvalue weighted by Crippen LogP contribution is -2.41. The molecule has 2 aromatic rings. The molecule has 0 saturated carbocycles. The maximum atomic E-state index is 12.2. The van der Waals surface area contributed by atoms with Crippen molar-refractivity contribution in [2.75, 3.05) is 26.1 Å². The van der Waals surface area contributed by atoms with Gasteiger partial charge in [-0.1, -0.05) is 24.3 Å². The molecule has 1 aliphatic carbocycles. The summed E-state index contributed by atoms with van der Waals surface area (Å²) in [4.78, 5) is 12.2. The number of amides is 2. The molecule has 0 fully saturated rings. The first-order valence-electron chi connectivity index (χ1n) is 8.13. The van der Waals surface area contributed by atoms with Crippen molar-refractivity contribution in [3.63, 3.8) is 0 Å². The quantitative estimate of drug-likeness (QED) is 0.780. The second-order valence-electron chi connectivity index (χ2n) is 6.10. The van der Waals surface area contributed by atoms with E-state index in [2.05, 4.69) is 10.6 Å². The zero-order valence-corrected chi connectivity index (χ0v) is 14.3. The Labute approximate surface area is 146 Å². The van der Waals surface area contributed by atoms with Gasteiger partial charge in [-0.3, -0.25) is 0 Å². The third kappa shape index (κ3) is 3.69. The van der Waals surface area contributed by atoms with Crippen LogP contribution in [0.5, 0.6) is 11.5 Å². The maximum absolute atomic E-state index is 12.2. The molecule has 0 aliphatic heterocycles. The highest BCUT2D eigenvalue weighted by Crippen LogP contribution is 2.36. The van der Waals surface area contributed by atoms with Gasteiger partial charge in [0.25, 0.3) is 0 Å². The number of hydrogen-bond acceptors (Lipinski definition) is 4. The predicted octanol–water partition coefficient (Wildman–Crippen LogP) is 2.66. The van der Waals surface area contributed by atoms with Gasteiger partial charge in [0, 0.05) is 23.9 Å². The molecule has 0 radical (unpaired) electrons. The number of carbonyl (C=O) groups excluding carboxylic acids is 1. The molecule has 1 unspecified atom stereocenters. The van der Waals surface area contributed by atoms with Crippen molar-refractivity contribution in [3.8, 4) is 11.5 Å². The smallest absolute Gasteiger partial charge is 0.319 e. The Morgan fingerprint density at radius 3 is 2.52 bits per heavy atom. The van der Waals surface area contributed by atoms with Crippen molar-refractivity contribution < 1.29 is 19.4 Å². The number of fused-ring (bicyclic) bond motifs is 1. The Kier molecular flexibility index (Phi) is 4.81. The second-order valence-corrected chi connectivity index (χ2v) is 6.10. The summed E-state index contributed by atoms with van der Waals surface area (Å²) in [5.74, 6) is 1.16. The van der Waals surface area contributed by atoms with E-state index < -0.39 is 11.6 Å². The van der Waals surface area contributed by atoms with E-state index in [4.69, 9.17) is 9.47 Å². The molecule has 132 valence electrons. The van der Waals surface area contributed by atoms with Crippen LogP contribution in [-0.4, -0.2) is 31.9 Å². The van der Waals surface area contributed by atoms with Crippen molar-refractivity contribution in [3.05, 3.63) is 53.6 Å². The van der Waals surface area contributed by atoms with Gasteiger partial charge in [0.1, 0.15) is 17.1 Å². The number of ether oxygens (including phenoxy) is 2. The third-order valence-electron chi connectivity index (χ3n) is 4.48. The van der Waals surface area contributed by atoms with Gasteiger partial charge >= 0.3 is 6.03 Å². The van der Waals surface area contributed by atoms with Crippen LogP contribution in [0.1, 0.15) is 17.5 Å². The van der Waals surface area contributed by atoms with Gasteiger partial charge in [0.15, 0.2) is 0 Å². The molecule has 6 nitrogen and oxygen atoms in total. The lowest BCUT2D eigenvalue weighted by atomic mass is 9.96. The van der Waals surface area contributed by atoms with Crippen molar-refractivity contribution in [1.82, 2.24) is 5.32 Å². The number of aryl methyl sites for hydroxylation is 1. The monoisotopic (exact) mass is 342 g/mol. The van der Waals surface area contributed by atoms with E-state index >= 15 is 0 Å². The highest BCUT2D eigenvalue weighted by molar-refractivity contribution is 5.89. The molecule has 0 bridgehead atoms. The van der Waals surface area contributed by atoms with Gasteiger partial charge in [0.2, 0.25) is 0 Å². The van der Waals surface area contributed by atoms with E-state index in [1.165, 1.54) is 0 Å². The molecule has 25 heavy (non-hydrogen) atoms. The lowest BCUT2D eigenvalue weighted by Gasteiger charge is -2.24. The highest BCUT2D eigenvalue weighted by Gasteiger charge is 2.36. The fourth-order valence-electron chi connectivity index (χ4n) is 3.13. The topological polar surface area (TPSA) is 79.8 Å².